The van der Waals surface area contributed by atoms with Crippen molar-refractivity contribution in [3.63, 3.8) is 0 Å². The molecule has 0 aromatic heterocycles. The van der Waals surface area contributed by atoms with Crippen LogP contribution in [0.3, 0.4) is 0 Å². The highest BCUT2D eigenvalue weighted by atomic mass is 16.7. The number of aliphatic hydroxyl groups is 1. The van der Waals surface area contributed by atoms with E-state index in [0.29, 0.717) is 6.42 Å². The van der Waals surface area contributed by atoms with Crippen LogP contribution in [0.25, 0.3) is 0 Å². The minimum Gasteiger partial charge on any atom is -0.459 e. The van der Waals surface area contributed by atoms with E-state index in [4.69, 9.17) is 14.2 Å². The van der Waals surface area contributed by atoms with Crippen LogP contribution in [-0.2, 0) is 19.0 Å². The van der Waals surface area contributed by atoms with Gasteiger partial charge >= 0.3 is 5.97 Å². The van der Waals surface area contributed by atoms with Crippen molar-refractivity contribution in [2.24, 2.45) is 17.3 Å². The van der Waals surface area contributed by atoms with Crippen molar-refractivity contribution in [2.75, 3.05) is 0 Å². The second kappa shape index (κ2) is 4.34. The summed E-state index contributed by atoms with van der Waals surface area (Å²) in [6.07, 6.45) is 1.98. The van der Waals surface area contributed by atoms with Gasteiger partial charge in [0.2, 0.25) is 0 Å². The second-order valence-corrected chi connectivity index (χ2v) is 7.96. The molecule has 0 amide bonds. The third-order valence-electron chi connectivity index (χ3n) is 6.19. The van der Waals surface area contributed by atoms with E-state index in [2.05, 4.69) is 13.8 Å². The predicted octanol–water partition coefficient (Wildman–Crippen LogP) is 1.79. The molecule has 7 unspecified atom stereocenters. The fraction of sp³-hybridized carbons (Fsp3) is 0.824. The molecule has 0 radical (unpaired) electrons. The number of hydrogen-bond acceptors (Lipinski definition) is 5. The number of hydrogen-bond donors (Lipinski definition) is 1. The van der Waals surface area contributed by atoms with Gasteiger partial charge in [-0.2, -0.15) is 0 Å². The van der Waals surface area contributed by atoms with Crippen LogP contribution in [0.5, 0.6) is 0 Å². The highest BCUT2D eigenvalue weighted by molar-refractivity contribution is 5.66. The van der Waals surface area contributed by atoms with Crippen LogP contribution in [0.2, 0.25) is 0 Å². The highest BCUT2D eigenvalue weighted by Gasteiger charge is 2.76. The Labute approximate surface area is 130 Å². The zero-order valence-corrected chi connectivity index (χ0v) is 13.5. The Morgan fingerprint density at radius 1 is 1.45 bits per heavy atom. The number of ether oxygens (including phenoxy) is 3. The summed E-state index contributed by atoms with van der Waals surface area (Å²) in [5.41, 5.74) is 0.410. The van der Waals surface area contributed by atoms with Crippen molar-refractivity contribution in [2.45, 2.75) is 70.7 Å². The Bertz CT molecular complexity index is 553. The molecule has 5 aliphatic rings. The molecule has 4 bridgehead atoms. The van der Waals surface area contributed by atoms with E-state index in [1.54, 1.807) is 0 Å². The molecule has 3 aliphatic heterocycles. The number of aliphatic hydroxyl groups excluding tert-OH is 1. The summed E-state index contributed by atoms with van der Waals surface area (Å²) >= 11 is 0. The standard InChI is InChI=1S/C17H24O5/c1-8-5-11-14(19)13-10-7-16(3,4)17(10,22-15(13)21-11)12(6-8)20-9(2)18/h5,10-15,19H,6-7H2,1-4H3/b8-5-. The lowest BCUT2D eigenvalue weighted by Gasteiger charge is -2.61. The van der Waals surface area contributed by atoms with Gasteiger partial charge in [0.05, 0.1) is 6.10 Å². The van der Waals surface area contributed by atoms with Gasteiger partial charge in [0, 0.05) is 25.2 Å². The van der Waals surface area contributed by atoms with E-state index in [0.717, 1.165) is 12.0 Å². The molecule has 5 nitrogen and oxygen atoms in total. The molecule has 2 saturated heterocycles. The fourth-order valence-electron chi connectivity index (χ4n) is 5.34. The van der Waals surface area contributed by atoms with Crippen LogP contribution in [0.4, 0.5) is 0 Å². The molecule has 0 aromatic rings. The van der Waals surface area contributed by atoms with Gasteiger partial charge in [-0.15, -0.1) is 0 Å². The van der Waals surface area contributed by atoms with Crippen molar-refractivity contribution >= 4 is 5.97 Å². The maximum atomic E-state index is 11.6. The molecular formula is C17H24O5. The van der Waals surface area contributed by atoms with Gasteiger partial charge < -0.3 is 19.3 Å². The molecule has 1 saturated carbocycles. The first kappa shape index (κ1) is 14.7. The first-order valence-electron chi connectivity index (χ1n) is 8.12. The van der Waals surface area contributed by atoms with Crippen molar-refractivity contribution in [1.82, 2.24) is 0 Å². The van der Waals surface area contributed by atoms with E-state index < -0.39 is 18.0 Å². The molecule has 5 rings (SSSR count). The molecule has 2 aliphatic carbocycles. The average molecular weight is 308 g/mol. The lowest BCUT2D eigenvalue weighted by atomic mass is 9.47. The van der Waals surface area contributed by atoms with E-state index in [1.165, 1.54) is 6.92 Å². The number of fused-ring (bicyclic) bond motifs is 2. The van der Waals surface area contributed by atoms with E-state index in [9.17, 15) is 9.90 Å². The predicted molar refractivity (Wildman–Crippen MR) is 77.8 cm³/mol. The Morgan fingerprint density at radius 3 is 2.82 bits per heavy atom. The number of carbonyl (C=O) groups is 1. The van der Waals surface area contributed by atoms with Gasteiger partial charge in [0.25, 0.3) is 0 Å². The Kier molecular flexibility index (Phi) is 2.89. The molecule has 122 valence electrons. The summed E-state index contributed by atoms with van der Waals surface area (Å²) in [5.74, 6) is -0.136. The first-order valence-corrected chi connectivity index (χ1v) is 8.12. The molecule has 3 fully saturated rings. The van der Waals surface area contributed by atoms with Gasteiger partial charge in [-0.25, -0.2) is 0 Å². The molecule has 3 heterocycles. The third kappa shape index (κ3) is 1.62. The lowest BCUT2D eigenvalue weighted by Crippen LogP contribution is -2.68. The quantitative estimate of drug-likeness (QED) is 0.591. The molecule has 7 atom stereocenters. The minimum atomic E-state index is -0.556. The molecule has 1 N–H and O–H groups in total. The molecule has 22 heavy (non-hydrogen) atoms. The largest absolute Gasteiger partial charge is 0.459 e. The third-order valence-corrected chi connectivity index (χ3v) is 6.19. The van der Waals surface area contributed by atoms with Crippen LogP contribution >= 0.6 is 0 Å². The number of carbonyl (C=O) groups excluding carboxylic acids is 1. The smallest absolute Gasteiger partial charge is 0.303 e. The van der Waals surface area contributed by atoms with Gasteiger partial charge in [0.15, 0.2) is 6.29 Å². The maximum absolute atomic E-state index is 11.6. The van der Waals surface area contributed by atoms with E-state index in [1.807, 2.05) is 13.0 Å². The molecule has 5 heteroatoms. The zero-order valence-electron chi connectivity index (χ0n) is 13.5. The van der Waals surface area contributed by atoms with Crippen LogP contribution < -0.4 is 0 Å². The number of rotatable bonds is 1. The molecule has 1 spiro atoms. The van der Waals surface area contributed by atoms with Crippen molar-refractivity contribution in [3.8, 4) is 0 Å². The summed E-state index contributed by atoms with van der Waals surface area (Å²) in [7, 11) is 0. The topological polar surface area (TPSA) is 65.0 Å². The van der Waals surface area contributed by atoms with Crippen LogP contribution in [0, 0.1) is 17.3 Å². The van der Waals surface area contributed by atoms with Gasteiger partial charge in [-0.05, 0) is 18.8 Å². The summed E-state index contributed by atoms with van der Waals surface area (Å²) < 4.78 is 18.0. The van der Waals surface area contributed by atoms with Crippen molar-refractivity contribution < 1.29 is 24.1 Å². The average Bonchev–Trinajstić information content (AvgIpc) is 2.84. The fourth-order valence-corrected chi connectivity index (χ4v) is 5.34. The van der Waals surface area contributed by atoms with E-state index in [-0.39, 0.29) is 35.4 Å². The molecule has 0 aromatic carbocycles. The van der Waals surface area contributed by atoms with Crippen LogP contribution in [0.15, 0.2) is 11.6 Å². The van der Waals surface area contributed by atoms with Gasteiger partial charge in [-0.3, -0.25) is 4.79 Å². The monoisotopic (exact) mass is 308 g/mol. The van der Waals surface area contributed by atoms with Crippen LogP contribution in [0.1, 0.15) is 40.5 Å². The Hall–Kier alpha value is -0.910. The summed E-state index contributed by atoms with van der Waals surface area (Å²) in [5, 5.41) is 10.7. The van der Waals surface area contributed by atoms with Crippen molar-refractivity contribution in [1.29, 1.82) is 0 Å². The Morgan fingerprint density at radius 2 is 2.18 bits per heavy atom. The Balaban J connectivity index is 1.82. The second-order valence-electron chi connectivity index (χ2n) is 7.96. The molecular weight excluding hydrogens is 284 g/mol. The van der Waals surface area contributed by atoms with E-state index >= 15 is 0 Å². The van der Waals surface area contributed by atoms with Crippen LogP contribution in [-0.4, -0.2) is 41.3 Å². The zero-order chi connectivity index (χ0) is 15.9. The highest BCUT2D eigenvalue weighted by Crippen LogP contribution is 2.69. The lowest BCUT2D eigenvalue weighted by molar-refractivity contribution is -0.286. The maximum Gasteiger partial charge on any atom is 0.303 e. The summed E-state index contributed by atoms with van der Waals surface area (Å²) in [6.45, 7) is 7.75. The minimum absolute atomic E-state index is 0.0294. The van der Waals surface area contributed by atoms with Gasteiger partial charge in [-0.1, -0.05) is 25.5 Å². The first-order chi connectivity index (χ1) is 10.3. The normalized spacial score (nSPS) is 53.6. The van der Waals surface area contributed by atoms with Gasteiger partial charge in [0.1, 0.15) is 17.8 Å². The SMILES string of the molecule is CC(=O)OC1C/C(C)=C\C2OC3OC14C(CC4(C)C)C3C2O. The van der Waals surface area contributed by atoms with Crippen molar-refractivity contribution in [3.05, 3.63) is 11.6 Å². The number of esters is 1. The summed E-state index contributed by atoms with van der Waals surface area (Å²) in [6, 6.07) is 0. The summed E-state index contributed by atoms with van der Waals surface area (Å²) in [4.78, 5) is 11.6.